The van der Waals surface area contributed by atoms with Gasteiger partial charge >= 0.3 is 0 Å². The number of nitrogens with zero attached hydrogens (tertiary/aromatic N) is 2. The van der Waals surface area contributed by atoms with E-state index in [1.54, 1.807) is 62.9 Å². The maximum Gasteiger partial charge on any atom is 0.237 e. The zero-order valence-corrected chi connectivity index (χ0v) is 13.7. The highest BCUT2D eigenvalue weighted by molar-refractivity contribution is 5.88. The van der Waals surface area contributed by atoms with E-state index in [4.69, 9.17) is 14.2 Å². The number of ether oxygens (including phenoxy) is 3. The van der Waals surface area contributed by atoms with E-state index >= 15 is 0 Å². The normalized spacial score (nSPS) is 10.4. The van der Waals surface area contributed by atoms with Crippen molar-refractivity contribution >= 4 is 23.0 Å². The summed E-state index contributed by atoms with van der Waals surface area (Å²) in [7, 11) is 3.13. The second kappa shape index (κ2) is 7.06. The number of hydrogen-bond acceptors (Lipinski definition) is 6. The summed E-state index contributed by atoms with van der Waals surface area (Å²) in [4.78, 5) is 14.9. The molecule has 0 saturated heterocycles. The standard InChI is InChI=1S/C18H16N2O5/c1-23-17-9-14-15(10-18(17)24-2)19-8-7-16(14)25-13-5-3-12(4-6-13)20(22)11-21/h3-11,22H,1-2H3. The van der Waals surface area contributed by atoms with Crippen molar-refractivity contribution in [3.8, 4) is 23.0 Å². The summed E-state index contributed by atoms with van der Waals surface area (Å²) < 4.78 is 16.5. The molecule has 0 aliphatic rings. The zero-order valence-electron chi connectivity index (χ0n) is 13.7. The molecule has 0 unspecified atom stereocenters. The van der Waals surface area contributed by atoms with Gasteiger partial charge in [-0.2, -0.15) is 5.06 Å². The lowest BCUT2D eigenvalue weighted by molar-refractivity contribution is -0.111. The average Bonchev–Trinajstić information content (AvgIpc) is 2.67. The molecule has 0 atom stereocenters. The van der Waals surface area contributed by atoms with E-state index in [1.165, 1.54) is 0 Å². The van der Waals surface area contributed by atoms with Crippen LogP contribution in [0.15, 0.2) is 48.7 Å². The molecule has 25 heavy (non-hydrogen) atoms. The molecule has 0 aliphatic carbocycles. The molecule has 3 aromatic rings. The van der Waals surface area contributed by atoms with Crippen molar-refractivity contribution < 1.29 is 24.2 Å². The average molecular weight is 340 g/mol. The first-order valence-electron chi connectivity index (χ1n) is 7.38. The molecule has 0 fully saturated rings. The molecular weight excluding hydrogens is 324 g/mol. The van der Waals surface area contributed by atoms with E-state index in [-0.39, 0.29) is 0 Å². The van der Waals surface area contributed by atoms with Crippen LogP contribution in [-0.2, 0) is 4.79 Å². The summed E-state index contributed by atoms with van der Waals surface area (Å²) in [6.45, 7) is 0. The number of carbonyl (C=O) groups excluding carboxylic acids is 1. The van der Waals surface area contributed by atoms with Crippen LogP contribution < -0.4 is 19.3 Å². The Kier molecular flexibility index (Phi) is 4.67. The van der Waals surface area contributed by atoms with Crippen molar-refractivity contribution in [1.82, 2.24) is 4.98 Å². The summed E-state index contributed by atoms with van der Waals surface area (Å²) in [5.41, 5.74) is 1.04. The van der Waals surface area contributed by atoms with E-state index in [2.05, 4.69) is 4.98 Å². The van der Waals surface area contributed by atoms with Gasteiger partial charge in [0.25, 0.3) is 0 Å². The Morgan fingerprint density at radius 3 is 2.32 bits per heavy atom. The van der Waals surface area contributed by atoms with Crippen LogP contribution in [0, 0.1) is 0 Å². The summed E-state index contributed by atoms with van der Waals surface area (Å²) in [6.07, 6.45) is 1.95. The van der Waals surface area contributed by atoms with Crippen LogP contribution in [0.1, 0.15) is 0 Å². The molecular formula is C18H16N2O5. The van der Waals surface area contributed by atoms with Gasteiger partial charge in [0, 0.05) is 17.6 Å². The first-order valence-corrected chi connectivity index (χ1v) is 7.38. The molecule has 1 aromatic heterocycles. The fourth-order valence-electron chi connectivity index (χ4n) is 2.39. The number of anilines is 1. The van der Waals surface area contributed by atoms with Gasteiger partial charge in [0.2, 0.25) is 6.41 Å². The molecule has 7 heteroatoms. The molecule has 0 spiro atoms. The van der Waals surface area contributed by atoms with E-state index in [1.807, 2.05) is 0 Å². The number of amides is 1. The number of aromatic nitrogens is 1. The van der Waals surface area contributed by atoms with Crippen LogP contribution in [-0.4, -0.2) is 30.8 Å². The topological polar surface area (TPSA) is 81.1 Å². The molecule has 3 rings (SSSR count). The fourth-order valence-corrected chi connectivity index (χ4v) is 2.39. The first-order chi connectivity index (χ1) is 12.2. The molecule has 128 valence electrons. The van der Waals surface area contributed by atoms with E-state index in [0.717, 1.165) is 5.39 Å². The number of hydrogen-bond donors (Lipinski definition) is 1. The highest BCUT2D eigenvalue weighted by atomic mass is 16.5. The van der Waals surface area contributed by atoms with Gasteiger partial charge in [-0.25, -0.2) is 0 Å². The zero-order chi connectivity index (χ0) is 17.8. The van der Waals surface area contributed by atoms with Crippen LogP contribution >= 0.6 is 0 Å². The summed E-state index contributed by atoms with van der Waals surface area (Å²) in [6, 6.07) is 11.7. The molecule has 0 radical (unpaired) electrons. The number of methoxy groups -OCH3 is 2. The Bertz CT molecular complexity index is 896. The number of hydroxylamine groups is 1. The van der Waals surface area contributed by atoms with Crippen LogP contribution in [0.4, 0.5) is 5.69 Å². The Balaban J connectivity index is 1.97. The molecule has 0 saturated carbocycles. The van der Waals surface area contributed by atoms with Gasteiger partial charge in [-0.3, -0.25) is 15.0 Å². The van der Waals surface area contributed by atoms with Crippen LogP contribution in [0.3, 0.4) is 0 Å². The van der Waals surface area contributed by atoms with Crippen LogP contribution in [0.5, 0.6) is 23.0 Å². The fraction of sp³-hybridized carbons (Fsp3) is 0.111. The van der Waals surface area contributed by atoms with Crippen molar-refractivity contribution in [2.75, 3.05) is 19.3 Å². The lowest BCUT2D eigenvalue weighted by atomic mass is 10.2. The number of carbonyl (C=O) groups is 1. The second-order valence-corrected chi connectivity index (χ2v) is 5.08. The minimum Gasteiger partial charge on any atom is -0.493 e. The van der Waals surface area contributed by atoms with Gasteiger partial charge in [0.1, 0.15) is 11.5 Å². The third kappa shape index (κ3) is 3.31. The van der Waals surface area contributed by atoms with Gasteiger partial charge in [-0.15, -0.1) is 0 Å². The summed E-state index contributed by atoms with van der Waals surface area (Å²) in [5, 5.41) is 10.6. The van der Waals surface area contributed by atoms with Gasteiger partial charge in [0.15, 0.2) is 11.5 Å². The first kappa shape index (κ1) is 16.5. The highest BCUT2D eigenvalue weighted by Gasteiger charge is 2.11. The maximum absolute atomic E-state index is 10.6. The summed E-state index contributed by atoms with van der Waals surface area (Å²) in [5.74, 6) is 2.30. The van der Waals surface area contributed by atoms with Gasteiger partial charge < -0.3 is 14.2 Å². The van der Waals surface area contributed by atoms with Crippen molar-refractivity contribution in [3.05, 3.63) is 48.7 Å². The smallest absolute Gasteiger partial charge is 0.237 e. The third-order valence-corrected chi connectivity index (χ3v) is 3.64. The Labute approximate surface area is 143 Å². The van der Waals surface area contributed by atoms with Crippen molar-refractivity contribution in [2.24, 2.45) is 0 Å². The lowest BCUT2D eigenvalue weighted by Crippen LogP contribution is -2.14. The number of rotatable bonds is 6. The highest BCUT2D eigenvalue weighted by Crippen LogP contribution is 2.36. The van der Waals surface area contributed by atoms with Crippen molar-refractivity contribution in [1.29, 1.82) is 0 Å². The van der Waals surface area contributed by atoms with Crippen molar-refractivity contribution in [2.45, 2.75) is 0 Å². The van der Waals surface area contributed by atoms with E-state index in [0.29, 0.717) is 45.7 Å². The minimum absolute atomic E-state index is 0.311. The van der Waals surface area contributed by atoms with Gasteiger partial charge in [-0.05, 0) is 36.4 Å². The molecule has 2 aromatic carbocycles. The summed E-state index contributed by atoms with van der Waals surface area (Å²) >= 11 is 0. The molecule has 7 nitrogen and oxygen atoms in total. The van der Waals surface area contributed by atoms with E-state index < -0.39 is 0 Å². The second-order valence-electron chi connectivity index (χ2n) is 5.08. The number of pyridine rings is 1. The van der Waals surface area contributed by atoms with Gasteiger partial charge in [0.05, 0.1) is 25.4 Å². The molecule has 1 N–H and O–H groups in total. The number of benzene rings is 2. The quantitative estimate of drug-likeness (QED) is 0.421. The number of fused-ring (bicyclic) bond motifs is 1. The maximum atomic E-state index is 10.6. The third-order valence-electron chi connectivity index (χ3n) is 3.64. The van der Waals surface area contributed by atoms with E-state index in [9.17, 15) is 10.0 Å². The van der Waals surface area contributed by atoms with Crippen LogP contribution in [0.2, 0.25) is 0 Å². The largest absolute Gasteiger partial charge is 0.493 e. The molecule has 0 bridgehead atoms. The molecule has 1 heterocycles. The van der Waals surface area contributed by atoms with Crippen LogP contribution in [0.25, 0.3) is 10.9 Å². The SMILES string of the molecule is COc1cc2nccc(Oc3ccc(N(O)C=O)cc3)c2cc1OC. The molecule has 1 amide bonds. The minimum atomic E-state index is 0.311. The monoisotopic (exact) mass is 340 g/mol. The Morgan fingerprint density at radius 1 is 1.00 bits per heavy atom. The van der Waals surface area contributed by atoms with Gasteiger partial charge in [-0.1, -0.05) is 0 Å². The van der Waals surface area contributed by atoms with Crippen molar-refractivity contribution in [3.63, 3.8) is 0 Å². The predicted molar refractivity (Wildman–Crippen MR) is 91.7 cm³/mol. The predicted octanol–water partition coefficient (Wildman–Crippen LogP) is 3.40. The lowest BCUT2D eigenvalue weighted by Gasteiger charge is -2.13. The Morgan fingerprint density at radius 2 is 1.68 bits per heavy atom. The molecule has 0 aliphatic heterocycles. The Hall–Kier alpha value is -3.32.